The predicted octanol–water partition coefficient (Wildman–Crippen LogP) is 5.05. The summed E-state index contributed by atoms with van der Waals surface area (Å²) in [5.74, 6) is -1.20. The third-order valence-electron chi connectivity index (χ3n) is 5.73. The van der Waals surface area contributed by atoms with Crippen molar-refractivity contribution in [2.75, 3.05) is 17.1 Å². The average Bonchev–Trinajstić information content (AvgIpc) is 3.30. The highest BCUT2D eigenvalue weighted by Crippen LogP contribution is 2.50. The van der Waals surface area contributed by atoms with E-state index in [0.29, 0.717) is 32.7 Å². The van der Waals surface area contributed by atoms with Crippen LogP contribution in [0.25, 0.3) is 0 Å². The van der Waals surface area contributed by atoms with Gasteiger partial charge in [-0.25, -0.2) is 9.96 Å². The van der Waals surface area contributed by atoms with Crippen molar-refractivity contribution < 1.29 is 19.2 Å². The molecule has 0 aliphatic carbocycles. The lowest BCUT2D eigenvalue weighted by atomic mass is 9.90. The van der Waals surface area contributed by atoms with Crippen molar-refractivity contribution in [3.63, 3.8) is 0 Å². The number of carbonyl (C=O) groups excluding carboxylic acids is 2. The molecule has 2 aliphatic heterocycles. The van der Waals surface area contributed by atoms with E-state index in [4.69, 9.17) is 32.8 Å². The van der Waals surface area contributed by atoms with Gasteiger partial charge in [-0.1, -0.05) is 59.6 Å². The maximum Gasteiger partial charge on any atom is 0.266 e. The zero-order chi connectivity index (χ0) is 22.4. The van der Waals surface area contributed by atoms with Crippen molar-refractivity contribution in [3.05, 3.63) is 88.4 Å². The monoisotopic (exact) mass is 468 g/mol. The van der Waals surface area contributed by atoms with Crippen molar-refractivity contribution in [1.82, 2.24) is 0 Å². The molecule has 0 radical (unpaired) electrons. The highest BCUT2D eigenvalue weighted by Gasteiger charge is 2.61. The number of anilines is 2. The number of para-hydroxylation sites is 3. The van der Waals surface area contributed by atoms with Gasteiger partial charge in [0.2, 0.25) is 5.91 Å². The van der Waals surface area contributed by atoms with Gasteiger partial charge in [-0.3, -0.25) is 14.4 Å². The number of hydroxylamine groups is 1. The Morgan fingerprint density at radius 3 is 2.34 bits per heavy atom. The summed E-state index contributed by atoms with van der Waals surface area (Å²) in [5.41, 5.74) is 1.74. The number of imide groups is 1. The molecule has 0 N–H and O–H groups in total. The van der Waals surface area contributed by atoms with E-state index in [1.54, 1.807) is 47.5 Å². The number of fused-ring (bicyclic) bond motifs is 1. The van der Waals surface area contributed by atoms with Crippen LogP contribution in [0.3, 0.4) is 0 Å². The van der Waals surface area contributed by atoms with E-state index in [0.717, 1.165) is 4.90 Å². The fourth-order valence-electron chi connectivity index (χ4n) is 4.32. The summed E-state index contributed by atoms with van der Waals surface area (Å²) < 4.78 is 5.38. The molecule has 0 unspecified atom stereocenters. The van der Waals surface area contributed by atoms with Gasteiger partial charge in [-0.05, 0) is 42.0 Å². The van der Waals surface area contributed by atoms with Crippen LogP contribution in [-0.2, 0) is 14.4 Å². The summed E-state index contributed by atoms with van der Waals surface area (Å²) in [5, 5.41) is 2.47. The summed E-state index contributed by atoms with van der Waals surface area (Å²) >= 11 is 12.6. The average molecular weight is 469 g/mol. The highest BCUT2D eigenvalue weighted by molar-refractivity contribution is 6.35. The molecule has 8 heteroatoms. The SMILES string of the molecule is COc1ccccc1N1C(=O)[C@@H]2[C@H](ON(c3ccccc3)[C@@H]2c2ccc(Cl)cc2Cl)C1=O. The molecular weight excluding hydrogens is 451 g/mol. The van der Waals surface area contributed by atoms with E-state index in [2.05, 4.69) is 0 Å². The molecule has 0 aromatic heterocycles. The molecule has 2 amide bonds. The van der Waals surface area contributed by atoms with E-state index >= 15 is 0 Å². The number of carbonyl (C=O) groups is 2. The predicted molar refractivity (Wildman–Crippen MR) is 122 cm³/mol. The third-order valence-corrected chi connectivity index (χ3v) is 6.30. The van der Waals surface area contributed by atoms with Gasteiger partial charge in [0.1, 0.15) is 11.7 Å². The third kappa shape index (κ3) is 3.23. The molecule has 3 atom stereocenters. The van der Waals surface area contributed by atoms with Gasteiger partial charge < -0.3 is 4.74 Å². The minimum absolute atomic E-state index is 0.376. The molecule has 6 nitrogen and oxygen atoms in total. The van der Waals surface area contributed by atoms with Crippen LogP contribution in [0, 0.1) is 5.92 Å². The van der Waals surface area contributed by atoms with Gasteiger partial charge in [-0.15, -0.1) is 0 Å². The number of methoxy groups -OCH3 is 1. The molecule has 162 valence electrons. The van der Waals surface area contributed by atoms with Crippen LogP contribution in [-0.4, -0.2) is 25.0 Å². The molecule has 2 heterocycles. The lowest BCUT2D eigenvalue weighted by Crippen LogP contribution is -2.37. The molecule has 0 spiro atoms. The molecule has 3 aromatic rings. The maximum atomic E-state index is 13.7. The van der Waals surface area contributed by atoms with Crippen molar-refractivity contribution in [3.8, 4) is 5.75 Å². The molecule has 0 saturated carbocycles. The van der Waals surface area contributed by atoms with Gasteiger partial charge in [-0.2, -0.15) is 0 Å². The first-order chi connectivity index (χ1) is 15.5. The minimum Gasteiger partial charge on any atom is -0.495 e. The number of halogens is 2. The van der Waals surface area contributed by atoms with Crippen LogP contribution in [0.2, 0.25) is 10.0 Å². The lowest BCUT2D eigenvalue weighted by Gasteiger charge is -2.29. The Hall–Kier alpha value is -3.06. The Bertz CT molecular complexity index is 1200. The Balaban J connectivity index is 1.62. The molecule has 2 saturated heterocycles. The lowest BCUT2D eigenvalue weighted by molar-refractivity contribution is -0.126. The van der Waals surface area contributed by atoms with Gasteiger partial charge in [0.15, 0.2) is 6.10 Å². The van der Waals surface area contributed by atoms with E-state index in [9.17, 15) is 9.59 Å². The van der Waals surface area contributed by atoms with Crippen LogP contribution in [0.15, 0.2) is 72.8 Å². The normalized spacial score (nSPS) is 22.4. The first-order valence-corrected chi connectivity index (χ1v) is 10.7. The Labute approximate surface area is 194 Å². The number of hydrogen-bond acceptors (Lipinski definition) is 5. The number of nitrogens with zero attached hydrogens (tertiary/aromatic N) is 2. The summed E-state index contributed by atoms with van der Waals surface area (Å²) in [6.07, 6.45) is -0.996. The van der Waals surface area contributed by atoms with E-state index in [-0.39, 0.29) is 5.91 Å². The summed E-state index contributed by atoms with van der Waals surface area (Å²) in [4.78, 5) is 34.3. The molecule has 3 aromatic carbocycles. The second kappa shape index (κ2) is 8.13. The first kappa shape index (κ1) is 20.8. The van der Waals surface area contributed by atoms with Crippen LogP contribution in [0.1, 0.15) is 11.6 Å². The topological polar surface area (TPSA) is 59.1 Å². The maximum absolute atomic E-state index is 13.7. The number of benzene rings is 3. The Morgan fingerprint density at radius 1 is 0.906 bits per heavy atom. The van der Waals surface area contributed by atoms with Crippen molar-refractivity contribution in [2.45, 2.75) is 12.1 Å². The fraction of sp³-hybridized carbons (Fsp3) is 0.167. The van der Waals surface area contributed by atoms with Crippen LogP contribution in [0.5, 0.6) is 5.75 Å². The van der Waals surface area contributed by atoms with Crippen LogP contribution < -0.4 is 14.7 Å². The minimum atomic E-state index is -0.996. The van der Waals surface area contributed by atoms with Crippen molar-refractivity contribution in [1.29, 1.82) is 0 Å². The van der Waals surface area contributed by atoms with Gasteiger partial charge in [0, 0.05) is 10.0 Å². The van der Waals surface area contributed by atoms with E-state index in [1.807, 2.05) is 30.3 Å². The van der Waals surface area contributed by atoms with Gasteiger partial charge >= 0.3 is 0 Å². The Kier molecular flexibility index (Phi) is 5.29. The smallest absolute Gasteiger partial charge is 0.266 e. The molecule has 32 heavy (non-hydrogen) atoms. The van der Waals surface area contributed by atoms with Crippen molar-refractivity contribution in [2.24, 2.45) is 5.92 Å². The van der Waals surface area contributed by atoms with Crippen molar-refractivity contribution >= 4 is 46.4 Å². The molecule has 2 fully saturated rings. The Morgan fingerprint density at radius 2 is 1.62 bits per heavy atom. The fourth-order valence-corrected chi connectivity index (χ4v) is 4.84. The van der Waals surface area contributed by atoms with Gasteiger partial charge in [0.25, 0.3) is 5.91 Å². The standard InChI is InChI=1S/C24H18Cl2N2O4/c1-31-19-10-6-5-9-18(19)27-23(29)20-21(16-12-11-14(25)13-17(16)26)28(32-22(20)24(27)30)15-7-3-2-4-8-15/h2-13,20-22H,1H3/t20-,21+,22-/m0/s1. The quantitative estimate of drug-likeness (QED) is 0.501. The zero-order valence-electron chi connectivity index (χ0n) is 16.9. The second-order valence-corrected chi connectivity index (χ2v) is 8.35. The summed E-state index contributed by atoms with van der Waals surface area (Å²) in [6.45, 7) is 0. The summed E-state index contributed by atoms with van der Waals surface area (Å²) in [6, 6.07) is 20.7. The number of amides is 2. The summed E-state index contributed by atoms with van der Waals surface area (Å²) in [7, 11) is 1.49. The van der Waals surface area contributed by atoms with Crippen LogP contribution >= 0.6 is 23.2 Å². The van der Waals surface area contributed by atoms with E-state index in [1.165, 1.54) is 7.11 Å². The molecular formula is C24H18Cl2N2O4. The molecule has 0 bridgehead atoms. The largest absolute Gasteiger partial charge is 0.495 e. The molecule has 2 aliphatic rings. The number of ether oxygens (including phenoxy) is 1. The zero-order valence-corrected chi connectivity index (χ0v) is 18.5. The number of rotatable bonds is 4. The van der Waals surface area contributed by atoms with E-state index < -0.39 is 24.0 Å². The number of hydrogen-bond donors (Lipinski definition) is 0. The second-order valence-electron chi connectivity index (χ2n) is 7.51. The van der Waals surface area contributed by atoms with Gasteiger partial charge in [0.05, 0.1) is 24.5 Å². The van der Waals surface area contributed by atoms with Crippen LogP contribution in [0.4, 0.5) is 11.4 Å². The molecule has 5 rings (SSSR count). The highest BCUT2D eigenvalue weighted by atomic mass is 35.5. The first-order valence-electron chi connectivity index (χ1n) is 9.98.